The van der Waals surface area contributed by atoms with Crippen LogP contribution in [0.5, 0.6) is 0 Å². The first-order valence-electron chi connectivity index (χ1n) is 16.5. The summed E-state index contributed by atoms with van der Waals surface area (Å²) in [5.41, 5.74) is 5.16. The van der Waals surface area contributed by atoms with Crippen molar-refractivity contribution in [1.29, 1.82) is 0 Å². The van der Waals surface area contributed by atoms with E-state index in [1.54, 1.807) is 14.7 Å². The molecule has 1 saturated heterocycles. The summed E-state index contributed by atoms with van der Waals surface area (Å²) in [6.07, 6.45) is 3.96. The average molecular weight is 626 g/mol. The Bertz CT molecular complexity index is 1460. The van der Waals surface area contributed by atoms with E-state index in [0.29, 0.717) is 52.2 Å². The van der Waals surface area contributed by atoms with Gasteiger partial charge in [-0.15, -0.1) is 0 Å². The van der Waals surface area contributed by atoms with E-state index in [9.17, 15) is 14.4 Å². The SMILES string of the molecule is COC(=O)N(C1c2ccccc2-c2ccccc21)[C@@H](CCCCOCc1ccccc1)C(=O)N1CCN(C(=O)OC2CCC2)CC1. The summed E-state index contributed by atoms with van der Waals surface area (Å²) in [6, 6.07) is 24.9. The third kappa shape index (κ3) is 6.89. The number of fused-ring (bicyclic) bond motifs is 3. The summed E-state index contributed by atoms with van der Waals surface area (Å²) < 4.78 is 16.9. The van der Waals surface area contributed by atoms with Crippen molar-refractivity contribution in [3.05, 3.63) is 95.6 Å². The van der Waals surface area contributed by atoms with E-state index in [4.69, 9.17) is 14.2 Å². The number of piperazine rings is 1. The number of amides is 3. The van der Waals surface area contributed by atoms with Crippen molar-refractivity contribution in [3.8, 4) is 11.1 Å². The second kappa shape index (κ2) is 14.8. The number of unbranched alkanes of at least 4 members (excludes halogenated alkanes) is 1. The molecule has 0 bridgehead atoms. The zero-order chi connectivity index (χ0) is 31.9. The Kier molecular flexibility index (Phi) is 10.2. The molecule has 0 N–H and O–H groups in total. The van der Waals surface area contributed by atoms with Crippen LogP contribution < -0.4 is 0 Å². The van der Waals surface area contributed by atoms with Crippen molar-refractivity contribution < 1.29 is 28.6 Å². The minimum atomic E-state index is -0.765. The fourth-order valence-corrected chi connectivity index (χ4v) is 6.66. The second-order valence-electron chi connectivity index (χ2n) is 12.3. The molecular formula is C37H43N3O6. The van der Waals surface area contributed by atoms with E-state index in [2.05, 4.69) is 12.1 Å². The molecule has 46 heavy (non-hydrogen) atoms. The Morgan fingerprint density at radius 3 is 2.02 bits per heavy atom. The number of nitrogens with zero attached hydrogens (tertiary/aromatic N) is 3. The van der Waals surface area contributed by atoms with E-state index in [1.807, 2.05) is 66.7 Å². The molecule has 3 aromatic carbocycles. The fourth-order valence-electron chi connectivity index (χ4n) is 6.66. The predicted octanol–water partition coefficient (Wildman–Crippen LogP) is 6.41. The van der Waals surface area contributed by atoms with Crippen LogP contribution in [-0.2, 0) is 25.6 Å². The Morgan fingerprint density at radius 1 is 0.804 bits per heavy atom. The molecule has 242 valence electrons. The van der Waals surface area contributed by atoms with Gasteiger partial charge in [-0.3, -0.25) is 9.69 Å². The average Bonchev–Trinajstić information content (AvgIpc) is 3.41. The van der Waals surface area contributed by atoms with Gasteiger partial charge in [-0.25, -0.2) is 9.59 Å². The minimum absolute atomic E-state index is 0.0130. The van der Waals surface area contributed by atoms with Gasteiger partial charge in [0.2, 0.25) is 5.91 Å². The molecule has 9 heteroatoms. The second-order valence-corrected chi connectivity index (χ2v) is 12.3. The standard InChI is InChI=1S/C37H43N3O6/c1-44-37(43)40(34-31-18-7-5-16-29(31)30-17-6-8-19-32(30)34)33(20-9-10-25-45-26-27-12-3-2-4-13-27)35(41)38-21-23-39(24-22-38)36(42)46-28-14-11-15-28/h2-8,12-13,16-19,28,33-34H,9-11,14-15,20-26H2,1H3/t33-/m0/s1. The van der Waals surface area contributed by atoms with E-state index < -0.39 is 18.2 Å². The van der Waals surface area contributed by atoms with Crippen LogP contribution in [0.1, 0.15) is 61.3 Å². The molecule has 1 heterocycles. The van der Waals surface area contributed by atoms with Gasteiger partial charge in [0.05, 0.1) is 19.8 Å². The maximum atomic E-state index is 14.5. The highest BCUT2D eigenvalue weighted by molar-refractivity contribution is 5.88. The van der Waals surface area contributed by atoms with Crippen LogP contribution in [0.3, 0.4) is 0 Å². The predicted molar refractivity (Wildman–Crippen MR) is 174 cm³/mol. The molecule has 2 fully saturated rings. The molecular weight excluding hydrogens is 582 g/mol. The molecule has 0 aromatic heterocycles. The number of hydrogen-bond acceptors (Lipinski definition) is 6. The van der Waals surface area contributed by atoms with Crippen molar-refractivity contribution in [3.63, 3.8) is 0 Å². The van der Waals surface area contributed by atoms with Gasteiger partial charge < -0.3 is 24.0 Å². The van der Waals surface area contributed by atoms with Gasteiger partial charge in [0.1, 0.15) is 12.1 Å². The number of carbonyl (C=O) groups excluding carboxylic acids is 3. The summed E-state index contributed by atoms with van der Waals surface area (Å²) >= 11 is 0. The molecule has 9 nitrogen and oxygen atoms in total. The minimum Gasteiger partial charge on any atom is -0.453 e. The van der Waals surface area contributed by atoms with Crippen LogP contribution >= 0.6 is 0 Å². The van der Waals surface area contributed by atoms with Crippen molar-refractivity contribution in [2.75, 3.05) is 39.9 Å². The highest BCUT2D eigenvalue weighted by atomic mass is 16.6. The van der Waals surface area contributed by atoms with E-state index in [-0.39, 0.29) is 18.1 Å². The van der Waals surface area contributed by atoms with E-state index in [0.717, 1.165) is 53.5 Å². The topological polar surface area (TPSA) is 88.6 Å². The number of methoxy groups -OCH3 is 1. The van der Waals surface area contributed by atoms with Gasteiger partial charge >= 0.3 is 12.2 Å². The van der Waals surface area contributed by atoms with Crippen LogP contribution in [0.4, 0.5) is 9.59 Å². The molecule has 1 saturated carbocycles. The zero-order valence-electron chi connectivity index (χ0n) is 26.5. The summed E-state index contributed by atoms with van der Waals surface area (Å²) in [6.45, 7) is 2.62. The third-order valence-electron chi connectivity index (χ3n) is 9.38. The summed E-state index contributed by atoms with van der Waals surface area (Å²) in [4.78, 5) is 46.0. The molecule has 2 aliphatic carbocycles. The fraction of sp³-hybridized carbons (Fsp3) is 0.432. The van der Waals surface area contributed by atoms with Crippen LogP contribution in [0, 0.1) is 0 Å². The molecule has 0 unspecified atom stereocenters. The summed E-state index contributed by atoms with van der Waals surface area (Å²) in [5, 5.41) is 0. The molecule has 3 aromatic rings. The van der Waals surface area contributed by atoms with Gasteiger partial charge in [0.15, 0.2) is 0 Å². The number of benzene rings is 3. The van der Waals surface area contributed by atoms with Crippen molar-refractivity contribution in [2.45, 2.75) is 63.3 Å². The van der Waals surface area contributed by atoms with E-state index in [1.165, 1.54) is 7.11 Å². The lowest BCUT2D eigenvalue weighted by Crippen LogP contribution is -2.57. The lowest BCUT2D eigenvalue weighted by atomic mass is 9.96. The maximum absolute atomic E-state index is 14.5. The monoisotopic (exact) mass is 625 g/mol. The van der Waals surface area contributed by atoms with Crippen molar-refractivity contribution in [2.24, 2.45) is 0 Å². The molecule has 0 spiro atoms. The van der Waals surface area contributed by atoms with Gasteiger partial charge in [-0.2, -0.15) is 0 Å². The zero-order valence-corrected chi connectivity index (χ0v) is 26.5. The molecule has 3 aliphatic rings. The molecule has 1 atom stereocenters. The van der Waals surface area contributed by atoms with Crippen LogP contribution in [0.2, 0.25) is 0 Å². The Balaban J connectivity index is 1.20. The Labute approximate surface area is 271 Å². The third-order valence-corrected chi connectivity index (χ3v) is 9.38. The first-order valence-corrected chi connectivity index (χ1v) is 16.5. The van der Waals surface area contributed by atoms with E-state index >= 15 is 0 Å². The first-order chi connectivity index (χ1) is 22.5. The van der Waals surface area contributed by atoms with Crippen LogP contribution in [-0.4, -0.2) is 84.8 Å². The van der Waals surface area contributed by atoms with Crippen molar-refractivity contribution in [1.82, 2.24) is 14.7 Å². The molecule has 0 radical (unpaired) electrons. The normalized spacial score (nSPS) is 16.6. The lowest BCUT2D eigenvalue weighted by Gasteiger charge is -2.41. The summed E-state index contributed by atoms with van der Waals surface area (Å²) in [5.74, 6) is -0.135. The molecule has 1 aliphatic heterocycles. The number of rotatable bonds is 11. The smallest absolute Gasteiger partial charge is 0.410 e. The van der Waals surface area contributed by atoms with Gasteiger partial charge in [0, 0.05) is 32.8 Å². The van der Waals surface area contributed by atoms with Gasteiger partial charge in [0.25, 0.3) is 0 Å². The van der Waals surface area contributed by atoms with Gasteiger partial charge in [-0.05, 0) is 66.3 Å². The van der Waals surface area contributed by atoms with Crippen LogP contribution in [0.15, 0.2) is 78.9 Å². The number of ether oxygens (including phenoxy) is 3. The largest absolute Gasteiger partial charge is 0.453 e. The Hall–Kier alpha value is -4.37. The first kappa shape index (κ1) is 31.6. The maximum Gasteiger partial charge on any atom is 0.410 e. The van der Waals surface area contributed by atoms with Gasteiger partial charge in [-0.1, -0.05) is 78.9 Å². The lowest BCUT2D eigenvalue weighted by molar-refractivity contribution is -0.139. The Morgan fingerprint density at radius 2 is 1.41 bits per heavy atom. The number of hydrogen-bond donors (Lipinski definition) is 0. The molecule has 3 amide bonds. The van der Waals surface area contributed by atoms with Crippen molar-refractivity contribution >= 4 is 18.1 Å². The quantitative estimate of drug-likeness (QED) is 0.229. The molecule has 6 rings (SSSR count). The highest BCUT2D eigenvalue weighted by Crippen LogP contribution is 2.47. The van der Waals surface area contributed by atoms with Crippen LogP contribution in [0.25, 0.3) is 11.1 Å². The summed E-state index contributed by atoms with van der Waals surface area (Å²) in [7, 11) is 1.37. The number of carbonyl (C=O) groups is 3. The highest BCUT2D eigenvalue weighted by Gasteiger charge is 2.43.